The number of benzene rings is 2. The SMILES string of the molecule is CCn1c(COc2cccc(OC)c2)cc2cccc(N)c21. The van der Waals surface area contributed by atoms with E-state index >= 15 is 0 Å². The second kappa shape index (κ2) is 6.02. The minimum Gasteiger partial charge on any atom is -0.497 e. The number of nitrogen functional groups attached to an aromatic ring is 1. The number of ether oxygens (including phenoxy) is 2. The van der Waals surface area contributed by atoms with Gasteiger partial charge in [0, 0.05) is 18.0 Å². The van der Waals surface area contributed by atoms with Gasteiger partial charge in [-0.05, 0) is 31.2 Å². The van der Waals surface area contributed by atoms with Crippen LogP contribution in [-0.2, 0) is 13.2 Å². The summed E-state index contributed by atoms with van der Waals surface area (Å²) < 4.78 is 13.3. The van der Waals surface area contributed by atoms with Crippen molar-refractivity contribution in [3.63, 3.8) is 0 Å². The highest BCUT2D eigenvalue weighted by Gasteiger charge is 2.10. The number of methoxy groups -OCH3 is 1. The van der Waals surface area contributed by atoms with Crippen LogP contribution in [0.3, 0.4) is 0 Å². The third-order valence-corrected chi connectivity index (χ3v) is 3.78. The zero-order chi connectivity index (χ0) is 15.5. The second-order valence-corrected chi connectivity index (χ2v) is 5.13. The van der Waals surface area contributed by atoms with Crippen LogP contribution in [0.25, 0.3) is 10.9 Å². The van der Waals surface area contributed by atoms with Gasteiger partial charge >= 0.3 is 0 Å². The molecule has 1 aromatic heterocycles. The summed E-state index contributed by atoms with van der Waals surface area (Å²) in [4.78, 5) is 0. The molecule has 3 aromatic rings. The van der Waals surface area contributed by atoms with Crippen molar-refractivity contribution >= 4 is 16.6 Å². The van der Waals surface area contributed by atoms with Crippen molar-refractivity contribution in [2.45, 2.75) is 20.1 Å². The van der Waals surface area contributed by atoms with Gasteiger partial charge < -0.3 is 19.8 Å². The number of aromatic nitrogens is 1. The molecule has 0 fully saturated rings. The van der Waals surface area contributed by atoms with Crippen molar-refractivity contribution in [1.82, 2.24) is 4.57 Å². The number of nitrogens with zero attached hydrogens (tertiary/aromatic N) is 1. The molecule has 2 N–H and O–H groups in total. The smallest absolute Gasteiger partial charge is 0.128 e. The van der Waals surface area contributed by atoms with E-state index in [1.807, 2.05) is 36.4 Å². The molecule has 0 aliphatic heterocycles. The fourth-order valence-electron chi connectivity index (χ4n) is 2.74. The van der Waals surface area contributed by atoms with Gasteiger partial charge in [0.2, 0.25) is 0 Å². The van der Waals surface area contributed by atoms with Crippen molar-refractivity contribution in [1.29, 1.82) is 0 Å². The van der Waals surface area contributed by atoms with Crippen LogP contribution >= 0.6 is 0 Å². The molecule has 0 unspecified atom stereocenters. The van der Waals surface area contributed by atoms with Crippen molar-refractivity contribution in [2.24, 2.45) is 0 Å². The molecule has 0 bridgehead atoms. The number of nitrogens with two attached hydrogens (primary N) is 1. The molecule has 2 aromatic carbocycles. The zero-order valence-electron chi connectivity index (χ0n) is 12.9. The van der Waals surface area contributed by atoms with Crippen LogP contribution < -0.4 is 15.2 Å². The van der Waals surface area contributed by atoms with E-state index in [0.29, 0.717) is 6.61 Å². The highest BCUT2D eigenvalue weighted by atomic mass is 16.5. The molecule has 0 saturated heterocycles. The van der Waals surface area contributed by atoms with E-state index in [4.69, 9.17) is 15.2 Å². The van der Waals surface area contributed by atoms with E-state index < -0.39 is 0 Å². The third kappa shape index (κ3) is 2.60. The van der Waals surface area contributed by atoms with Crippen molar-refractivity contribution in [3.05, 3.63) is 54.2 Å². The van der Waals surface area contributed by atoms with E-state index in [0.717, 1.165) is 40.3 Å². The molecule has 4 nitrogen and oxygen atoms in total. The van der Waals surface area contributed by atoms with Gasteiger partial charge in [-0.1, -0.05) is 18.2 Å². The van der Waals surface area contributed by atoms with Crippen molar-refractivity contribution < 1.29 is 9.47 Å². The minimum absolute atomic E-state index is 0.495. The van der Waals surface area contributed by atoms with Gasteiger partial charge in [0.1, 0.15) is 18.1 Å². The lowest BCUT2D eigenvalue weighted by molar-refractivity contribution is 0.294. The first-order chi connectivity index (χ1) is 10.7. The van der Waals surface area contributed by atoms with Crippen LogP contribution in [0.4, 0.5) is 5.69 Å². The average Bonchev–Trinajstić information content (AvgIpc) is 2.92. The molecule has 22 heavy (non-hydrogen) atoms. The fourth-order valence-corrected chi connectivity index (χ4v) is 2.74. The number of fused-ring (bicyclic) bond motifs is 1. The Kier molecular flexibility index (Phi) is 3.92. The lowest BCUT2D eigenvalue weighted by Crippen LogP contribution is -2.05. The quantitative estimate of drug-likeness (QED) is 0.728. The standard InChI is InChI=1S/C18H20N2O2/c1-3-20-14(10-13-6-4-9-17(19)18(13)20)12-22-16-8-5-7-15(11-16)21-2/h4-11H,3,12,19H2,1-2H3. The van der Waals surface area contributed by atoms with Gasteiger partial charge in [-0.3, -0.25) is 0 Å². The summed E-state index contributed by atoms with van der Waals surface area (Å²) >= 11 is 0. The lowest BCUT2D eigenvalue weighted by Gasteiger charge is -2.11. The Balaban J connectivity index is 1.89. The predicted molar refractivity (Wildman–Crippen MR) is 89.4 cm³/mol. The van der Waals surface area contributed by atoms with Gasteiger partial charge in [0.05, 0.1) is 24.0 Å². The van der Waals surface area contributed by atoms with E-state index in [1.165, 1.54) is 0 Å². The molecule has 3 rings (SSSR count). The number of para-hydroxylation sites is 1. The number of rotatable bonds is 5. The summed E-state index contributed by atoms with van der Waals surface area (Å²) in [6.07, 6.45) is 0. The number of hydrogen-bond donors (Lipinski definition) is 1. The van der Waals surface area contributed by atoms with Crippen LogP contribution in [0, 0.1) is 0 Å². The Hall–Kier alpha value is -2.62. The molecule has 0 saturated carbocycles. The first kappa shape index (κ1) is 14.3. The Labute approximate surface area is 130 Å². The number of aryl methyl sites for hydroxylation is 1. The highest BCUT2D eigenvalue weighted by molar-refractivity contribution is 5.91. The van der Waals surface area contributed by atoms with Crippen molar-refractivity contribution in [3.8, 4) is 11.5 Å². The van der Waals surface area contributed by atoms with Crippen molar-refractivity contribution in [2.75, 3.05) is 12.8 Å². The monoisotopic (exact) mass is 296 g/mol. The molecular weight excluding hydrogens is 276 g/mol. The molecule has 0 aliphatic carbocycles. The summed E-state index contributed by atoms with van der Waals surface area (Å²) in [7, 11) is 1.65. The topological polar surface area (TPSA) is 49.4 Å². The summed E-state index contributed by atoms with van der Waals surface area (Å²) in [5, 5.41) is 1.14. The first-order valence-electron chi connectivity index (χ1n) is 7.36. The molecule has 4 heteroatoms. The molecule has 0 aliphatic rings. The van der Waals surface area contributed by atoms with Crippen LogP contribution in [0.15, 0.2) is 48.5 Å². The van der Waals surface area contributed by atoms with E-state index in [1.54, 1.807) is 7.11 Å². The van der Waals surface area contributed by atoms with Gasteiger partial charge in [-0.15, -0.1) is 0 Å². The van der Waals surface area contributed by atoms with Crippen LogP contribution in [0.2, 0.25) is 0 Å². The number of anilines is 1. The molecule has 0 amide bonds. The summed E-state index contributed by atoms with van der Waals surface area (Å²) in [5.74, 6) is 1.58. The maximum absolute atomic E-state index is 6.11. The maximum atomic E-state index is 6.11. The van der Waals surface area contributed by atoms with Gasteiger partial charge in [0.25, 0.3) is 0 Å². The molecule has 0 atom stereocenters. The average molecular weight is 296 g/mol. The Bertz CT molecular complexity index is 793. The largest absolute Gasteiger partial charge is 0.497 e. The number of hydrogen-bond acceptors (Lipinski definition) is 3. The van der Waals surface area contributed by atoms with Crippen LogP contribution in [0.5, 0.6) is 11.5 Å². The summed E-state index contributed by atoms with van der Waals surface area (Å²) in [6.45, 7) is 3.46. The first-order valence-corrected chi connectivity index (χ1v) is 7.36. The second-order valence-electron chi connectivity index (χ2n) is 5.13. The minimum atomic E-state index is 0.495. The van der Waals surface area contributed by atoms with Crippen LogP contribution in [-0.4, -0.2) is 11.7 Å². The van der Waals surface area contributed by atoms with Gasteiger partial charge in [-0.25, -0.2) is 0 Å². The summed E-state index contributed by atoms with van der Waals surface area (Å²) in [6, 6.07) is 15.7. The lowest BCUT2D eigenvalue weighted by atomic mass is 10.2. The normalized spacial score (nSPS) is 10.8. The van der Waals surface area contributed by atoms with E-state index in [2.05, 4.69) is 23.6 Å². The zero-order valence-corrected chi connectivity index (χ0v) is 12.9. The summed E-state index contributed by atoms with van der Waals surface area (Å²) in [5.41, 5.74) is 9.10. The fraction of sp³-hybridized carbons (Fsp3) is 0.222. The van der Waals surface area contributed by atoms with Crippen LogP contribution in [0.1, 0.15) is 12.6 Å². The predicted octanol–water partition coefficient (Wildman–Crippen LogP) is 3.83. The van der Waals surface area contributed by atoms with E-state index in [-0.39, 0.29) is 0 Å². The molecule has 0 spiro atoms. The molecule has 114 valence electrons. The molecule has 1 heterocycles. The van der Waals surface area contributed by atoms with Gasteiger partial charge in [0.15, 0.2) is 0 Å². The van der Waals surface area contributed by atoms with E-state index in [9.17, 15) is 0 Å². The molecular formula is C18H20N2O2. The Morgan fingerprint density at radius 2 is 1.82 bits per heavy atom. The molecule has 0 radical (unpaired) electrons. The third-order valence-electron chi connectivity index (χ3n) is 3.78. The van der Waals surface area contributed by atoms with Gasteiger partial charge in [-0.2, -0.15) is 0 Å². The Morgan fingerprint density at radius 1 is 1.05 bits per heavy atom. The Morgan fingerprint density at radius 3 is 2.59 bits per heavy atom. The highest BCUT2D eigenvalue weighted by Crippen LogP contribution is 2.26. The maximum Gasteiger partial charge on any atom is 0.128 e.